The molecule has 1 aliphatic rings. The summed E-state index contributed by atoms with van der Waals surface area (Å²) in [7, 11) is 0. The van der Waals surface area contributed by atoms with Crippen LogP contribution in [0.5, 0.6) is 0 Å². The molecule has 4 aromatic rings. The lowest BCUT2D eigenvalue weighted by molar-refractivity contribution is 0.785. The summed E-state index contributed by atoms with van der Waals surface area (Å²) in [6.07, 6.45) is 1.02. The summed E-state index contributed by atoms with van der Waals surface area (Å²) in [4.78, 5) is 14.5. The molecular weight excluding hydrogens is 408 g/mol. The molecular formula is C27H26N6. The number of fused-ring (bicyclic) bond motifs is 1. The van der Waals surface area contributed by atoms with Crippen molar-refractivity contribution in [3.8, 4) is 6.07 Å². The molecule has 0 spiro atoms. The van der Waals surface area contributed by atoms with Gasteiger partial charge in [0.15, 0.2) is 0 Å². The van der Waals surface area contributed by atoms with E-state index in [9.17, 15) is 0 Å². The topological polar surface area (TPSA) is 68.1 Å². The molecule has 0 saturated carbocycles. The van der Waals surface area contributed by atoms with Crippen molar-refractivity contribution in [2.75, 3.05) is 41.3 Å². The van der Waals surface area contributed by atoms with Crippen molar-refractivity contribution in [1.82, 2.24) is 9.97 Å². The van der Waals surface area contributed by atoms with Crippen molar-refractivity contribution in [3.63, 3.8) is 0 Å². The third-order valence-corrected chi connectivity index (χ3v) is 6.03. The third-order valence-electron chi connectivity index (χ3n) is 6.03. The standard InChI is InChI=1S/C27H26N6/c28-19-21-11-13-23(14-12-21)32-15-6-16-33(18-17-32)27-30-25-10-5-4-9-24(25)26(31-27)29-20-22-7-2-1-3-8-22/h1-5,7-14H,6,15-18,20H2,(H,29,30,31). The average Bonchev–Trinajstić information content (AvgIpc) is 3.14. The van der Waals surface area contributed by atoms with Crippen LogP contribution in [-0.2, 0) is 6.54 Å². The van der Waals surface area contributed by atoms with Gasteiger partial charge in [0.2, 0.25) is 5.95 Å². The second-order valence-electron chi connectivity index (χ2n) is 8.21. The molecule has 6 heteroatoms. The minimum Gasteiger partial charge on any atom is -0.370 e. The van der Waals surface area contributed by atoms with Crippen LogP contribution in [0.1, 0.15) is 17.5 Å². The van der Waals surface area contributed by atoms with Crippen LogP contribution in [0.15, 0.2) is 78.9 Å². The summed E-state index contributed by atoms with van der Waals surface area (Å²) in [5.74, 6) is 1.64. The molecule has 1 aromatic heterocycles. The lowest BCUT2D eigenvalue weighted by Gasteiger charge is -2.24. The lowest BCUT2D eigenvalue weighted by Crippen LogP contribution is -2.31. The van der Waals surface area contributed by atoms with E-state index in [1.54, 1.807) is 0 Å². The van der Waals surface area contributed by atoms with Crippen LogP contribution < -0.4 is 15.1 Å². The number of nitriles is 1. The third kappa shape index (κ3) is 4.73. The number of benzene rings is 3. The van der Waals surface area contributed by atoms with Crippen molar-refractivity contribution in [3.05, 3.63) is 90.0 Å². The Morgan fingerprint density at radius 1 is 0.788 bits per heavy atom. The SMILES string of the molecule is N#Cc1ccc(N2CCCN(c3nc(NCc4ccccc4)c4ccccc4n3)CC2)cc1. The summed E-state index contributed by atoms with van der Waals surface area (Å²) >= 11 is 0. The van der Waals surface area contributed by atoms with E-state index in [1.165, 1.54) is 5.56 Å². The predicted molar refractivity (Wildman–Crippen MR) is 134 cm³/mol. The molecule has 1 saturated heterocycles. The highest BCUT2D eigenvalue weighted by molar-refractivity contribution is 5.90. The van der Waals surface area contributed by atoms with E-state index in [0.29, 0.717) is 12.1 Å². The molecule has 0 amide bonds. The first-order chi connectivity index (χ1) is 16.3. The van der Waals surface area contributed by atoms with Gasteiger partial charge in [0.1, 0.15) is 5.82 Å². The number of anilines is 3. The molecule has 164 valence electrons. The largest absolute Gasteiger partial charge is 0.370 e. The highest BCUT2D eigenvalue weighted by Gasteiger charge is 2.19. The van der Waals surface area contributed by atoms with Crippen molar-refractivity contribution in [2.45, 2.75) is 13.0 Å². The Morgan fingerprint density at radius 3 is 2.33 bits per heavy atom. The number of rotatable bonds is 5. The molecule has 6 nitrogen and oxygen atoms in total. The smallest absolute Gasteiger partial charge is 0.227 e. The molecule has 0 bridgehead atoms. The first-order valence-corrected chi connectivity index (χ1v) is 11.3. The fourth-order valence-electron chi connectivity index (χ4n) is 4.24. The number of hydrogen-bond acceptors (Lipinski definition) is 6. The summed E-state index contributed by atoms with van der Waals surface area (Å²) < 4.78 is 0. The molecule has 2 heterocycles. The number of nitrogens with zero attached hydrogens (tertiary/aromatic N) is 5. The molecule has 3 aromatic carbocycles. The van der Waals surface area contributed by atoms with Crippen molar-refractivity contribution >= 4 is 28.4 Å². The van der Waals surface area contributed by atoms with Gasteiger partial charge in [-0.05, 0) is 48.4 Å². The zero-order valence-corrected chi connectivity index (χ0v) is 18.5. The van der Waals surface area contributed by atoms with Crippen LogP contribution in [0.3, 0.4) is 0 Å². The van der Waals surface area contributed by atoms with Crippen molar-refractivity contribution < 1.29 is 0 Å². The maximum atomic E-state index is 9.06. The van der Waals surface area contributed by atoms with Crippen LogP contribution in [0.25, 0.3) is 10.9 Å². The van der Waals surface area contributed by atoms with Crippen LogP contribution in [-0.4, -0.2) is 36.1 Å². The maximum Gasteiger partial charge on any atom is 0.227 e. The van der Waals surface area contributed by atoms with Crippen LogP contribution in [0.2, 0.25) is 0 Å². The van der Waals surface area contributed by atoms with E-state index in [2.05, 4.69) is 57.6 Å². The zero-order valence-electron chi connectivity index (χ0n) is 18.5. The Bertz CT molecular complexity index is 1260. The second-order valence-corrected chi connectivity index (χ2v) is 8.21. The molecule has 1 aliphatic heterocycles. The predicted octanol–water partition coefficient (Wildman–Crippen LogP) is 4.83. The van der Waals surface area contributed by atoms with Gasteiger partial charge in [0.05, 0.1) is 17.1 Å². The molecule has 1 fully saturated rings. The normalized spacial score (nSPS) is 14.0. The number of para-hydroxylation sites is 1. The van der Waals surface area contributed by atoms with E-state index in [0.717, 1.165) is 61.0 Å². The van der Waals surface area contributed by atoms with Gasteiger partial charge in [-0.25, -0.2) is 4.98 Å². The average molecular weight is 435 g/mol. The Balaban J connectivity index is 1.37. The molecule has 0 atom stereocenters. The zero-order chi connectivity index (χ0) is 22.5. The van der Waals surface area contributed by atoms with E-state index in [1.807, 2.05) is 42.5 Å². The molecule has 5 rings (SSSR count). The van der Waals surface area contributed by atoms with E-state index >= 15 is 0 Å². The quantitative estimate of drug-likeness (QED) is 0.485. The first kappa shape index (κ1) is 20.8. The maximum absolute atomic E-state index is 9.06. The number of nitrogens with one attached hydrogen (secondary N) is 1. The Morgan fingerprint density at radius 2 is 1.52 bits per heavy atom. The van der Waals surface area contributed by atoms with E-state index in [4.69, 9.17) is 15.2 Å². The second kappa shape index (κ2) is 9.58. The minimum absolute atomic E-state index is 0.690. The first-order valence-electron chi connectivity index (χ1n) is 11.3. The fourth-order valence-corrected chi connectivity index (χ4v) is 4.24. The van der Waals surface area contributed by atoms with Gasteiger partial charge >= 0.3 is 0 Å². The summed E-state index contributed by atoms with van der Waals surface area (Å²) in [5.41, 5.74) is 4.01. The van der Waals surface area contributed by atoms with Crippen LogP contribution >= 0.6 is 0 Å². The van der Waals surface area contributed by atoms with Gasteiger partial charge in [-0.2, -0.15) is 10.2 Å². The molecule has 0 radical (unpaired) electrons. The highest BCUT2D eigenvalue weighted by Crippen LogP contribution is 2.25. The van der Waals surface area contributed by atoms with E-state index < -0.39 is 0 Å². The van der Waals surface area contributed by atoms with Gasteiger partial charge < -0.3 is 15.1 Å². The summed E-state index contributed by atoms with van der Waals surface area (Å²) in [5, 5.41) is 13.6. The Kier molecular flexibility index (Phi) is 6.03. The molecule has 0 aliphatic carbocycles. The highest BCUT2D eigenvalue weighted by atomic mass is 15.3. The Hall–Kier alpha value is -4.11. The van der Waals surface area contributed by atoms with Gasteiger partial charge in [-0.3, -0.25) is 0 Å². The van der Waals surface area contributed by atoms with Crippen LogP contribution in [0, 0.1) is 11.3 Å². The molecule has 1 N–H and O–H groups in total. The van der Waals surface area contributed by atoms with E-state index in [-0.39, 0.29) is 0 Å². The monoisotopic (exact) mass is 434 g/mol. The summed E-state index contributed by atoms with van der Waals surface area (Å²) in [6.45, 7) is 4.32. The molecule has 33 heavy (non-hydrogen) atoms. The molecule has 0 unspecified atom stereocenters. The lowest BCUT2D eigenvalue weighted by atomic mass is 10.2. The van der Waals surface area contributed by atoms with Gasteiger partial charge in [-0.15, -0.1) is 0 Å². The minimum atomic E-state index is 0.690. The number of hydrogen-bond donors (Lipinski definition) is 1. The number of aromatic nitrogens is 2. The Labute approximate surface area is 194 Å². The van der Waals surface area contributed by atoms with Gasteiger partial charge in [-0.1, -0.05) is 42.5 Å². The van der Waals surface area contributed by atoms with Crippen molar-refractivity contribution in [2.24, 2.45) is 0 Å². The van der Waals surface area contributed by atoms with Crippen molar-refractivity contribution in [1.29, 1.82) is 5.26 Å². The van der Waals surface area contributed by atoms with Gasteiger partial charge in [0, 0.05) is 43.8 Å². The fraction of sp³-hybridized carbons (Fsp3) is 0.222. The summed E-state index contributed by atoms with van der Waals surface area (Å²) in [6, 6.07) is 28.6. The van der Waals surface area contributed by atoms with Gasteiger partial charge in [0.25, 0.3) is 0 Å². The van der Waals surface area contributed by atoms with Crippen LogP contribution in [0.4, 0.5) is 17.5 Å².